The number of rotatable bonds is 9. The number of hydrogen-bond acceptors (Lipinski definition) is 4. The maximum absolute atomic E-state index is 13.0. The average molecular weight is 441 g/mol. The number of benzene rings is 1. The molecule has 1 aromatic carbocycles. The molecule has 1 aliphatic carbocycles. The van der Waals surface area contributed by atoms with Crippen molar-refractivity contribution in [2.75, 3.05) is 6.54 Å². The summed E-state index contributed by atoms with van der Waals surface area (Å²) >= 11 is 6.02. The van der Waals surface area contributed by atoms with Gasteiger partial charge in [-0.2, -0.15) is 5.26 Å². The summed E-state index contributed by atoms with van der Waals surface area (Å²) in [5.41, 5.74) is 1.23. The van der Waals surface area contributed by atoms with E-state index in [1.807, 2.05) is 6.07 Å². The second-order valence-electron chi connectivity index (χ2n) is 8.62. The molecule has 2 aliphatic rings. The van der Waals surface area contributed by atoms with Gasteiger partial charge in [0.1, 0.15) is 6.04 Å². The molecule has 1 saturated heterocycles. The first-order valence-corrected chi connectivity index (χ1v) is 11.1. The molecule has 2 amide bonds. The van der Waals surface area contributed by atoms with E-state index in [0.717, 1.165) is 23.7 Å². The van der Waals surface area contributed by atoms with Crippen LogP contribution >= 0.6 is 11.6 Å². The van der Waals surface area contributed by atoms with Crippen LogP contribution in [0.4, 0.5) is 0 Å². The van der Waals surface area contributed by atoms with E-state index in [2.05, 4.69) is 21.7 Å². The zero-order valence-corrected chi connectivity index (χ0v) is 17.9. The highest BCUT2D eigenvalue weighted by molar-refractivity contribution is 6.31. The molecule has 162 valence electrons. The first-order valence-electron chi connectivity index (χ1n) is 10.7. The van der Waals surface area contributed by atoms with E-state index >= 15 is 0 Å². The van der Waals surface area contributed by atoms with Crippen molar-refractivity contribution in [2.24, 2.45) is 17.8 Å². The molecule has 2 heterocycles. The molecule has 0 bridgehead atoms. The van der Waals surface area contributed by atoms with E-state index in [4.69, 9.17) is 11.6 Å². The zero-order valence-electron chi connectivity index (χ0n) is 17.1. The van der Waals surface area contributed by atoms with E-state index in [9.17, 15) is 19.6 Å². The van der Waals surface area contributed by atoms with Crippen LogP contribution in [-0.4, -0.2) is 35.2 Å². The standard InChI is InChI=1S/C23H25ClN4O3/c24-17-4-3-14-9-20(28-19(14)11-17)21(29)10-16(7-13-1-2-13)23(31)27-18(12-25)8-15-5-6-26-22(15)30/h3-4,9,11,13,15-16,18,28H,1-2,5-8,10H2,(H,26,30)(H,27,31)/t15?,16-,18+/m1/s1. The van der Waals surface area contributed by atoms with Crippen LogP contribution in [-0.2, 0) is 9.59 Å². The number of nitrogens with one attached hydrogen (secondary N) is 3. The molecule has 31 heavy (non-hydrogen) atoms. The highest BCUT2D eigenvalue weighted by atomic mass is 35.5. The lowest BCUT2D eigenvalue weighted by atomic mass is 9.93. The number of amides is 2. The van der Waals surface area contributed by atoms with Crippen molar-refractivity contribution in [3.63, 3.8) is 0 Å². The quantitative estimate of drug-likeness (QED) is 0.518. The van der Waals surface area contributed by atoms with Gasteiger partial charge in [0, 0.05) is 40.7 Å². The summed E-state index contributed by atoms with van der Waals surface area (Å²) in [4.78, 5) is 40.8. The fourth-order valence-corrected chi connectivity index (χ4v) is 4.38. The molecule has 7 nitrogen and oxygen atoms in total. The van der Waals surface area contributed by atoms with E-state index < -0.39 is 12.0 Å². The number of carbonyl (C=O) groups is 3. The smallest absolute Gasteiger partial charge is 0.224 e. The topological polar surface area (TPSA) is 115 Å². The normalized spacial score (nSPS) is 20.1. The molecule has 2 fully saturated rings. The minimum Gasteiger partial charge on any atom is -0.356 e. The van der Waals surface area contributed by atoms with Crippen molar-refractivity contribution in [1.29, 1.82) is 5.26 Å². The molecule has 1 saturated carbocycles. The molecule has 3 N–H and O–H groups in total. The predicted molar refractivity (Wildman–Crippen MR) is 116 cm³/mol. The van der Waals surface area contributed by atoms with E-state index in [1.165, 1.54) is 0 Å². The van der Waals surface area contributed by atoms with Crippen molar-refractivity contribution in [1.82, 2.24) is 15.6 Å². The van der Waals surface area contributed by atoms with Crippen molar-refractivity contribution in [2.45, 2.75) is 44.6 Å². The van der Waals surface area contributed by atoms with Crippen LogP contribution in [0.1, 0.15) is 49.0 Å². The number of nitrogens with zero attached hydrogens (tertiary/aromatic N) is 1. The second kappa shape index (κ2) is 9.11. The van der Waals surface area contributed by atoms with E-state index in [1.54, 1.807) is 18.2 Å². The number of aromatic nitrogens is 1. The minimum absolute atomic E-state index is 0.0712. The fraction of sp³-hybridized carbons (Fsp3) is 0.478. The van der Waals surface area contributed by atoms with Crippen molar-refractivity contribution < 1.29 is 14.4 Å². The van der Waals surface area contributed by atoms with Crippen LogP contribution in [0.15, 0.2) is 24.3 Å². The number of H-pyrrole nitrogens is 1. The van der Waals surface area contributed by atoms with Crippen molar-refractivity contribution in [3.05, 3.63) is 35.0 Å². The largest absolute Gasteiger partial charge is 0.356 e. The highest BCUT2D eigenvalue weighted by Crippen LogP contribution is 2.37. The van der Waals surface area contributed by atoms with Gasteiger partial charge in [-0.1, -0.05) is 30.5 Å². The Balaban J connectivity index is 1.43. The minimum atomic E-state index is -0.742. The third-order valence-electron chi connectivity index (χ3n) is 6.16. The van der Waals surface area contributed by atoms with Gasteiger partial charge in [0.15, 0.2) is 5.78 Å². The Hall–Kier alpha value is -2.85. The number of fused-ring (bicyclic) bond motifs is 1. The number of hydrogen-bond donors (Lipinski definition) is 3. The van der Waals surface area contributed by atoms with Gasteiger partial charge in [0.25, 0.3) is 0 Å². The summed E-state index contributed by atoms with van der Waals surface area (Å²) in [6.45, 7) is 0.601. The third-order valence-corrected chi connectivity index (χ3v) is 6.39. The second-order valence-corrected chi connectivity index (χ2v) is 9.06. The number of Topliss-reactive ketones (excluding diaryl/α,β-unsaturated/α-hetero) is 1. The summed E-state index contributed by atoms with van der Waals surface area (Å²) < 4.78 is 0. The van der Waals surface area contributed by atoms with Gasteiger partial charge in [0.05, 0.1) is 11.8 Å². The maximum atomic E-state index is 13.0. The number of nitriles is 1. The Morgan fingerprint density at radius 2 is 2.03 bits per heavy atom. The third kappa shape index (κ3) is 5.26. The molecule has 0 radical (unpaired) electrons. The molecule has 1 aromatic heterocycles. The van der Waals surface area contributed by atoms with Gasteiger partial charge in [-0.25, -0.2) is 0 Å². The van der Waals surface area contributed by atoms with Crippen molar-refractivity contribution >= 4 is 40.1 Å². The Bertz CT molecular complexity index is 1050. The Labute approximate surface area is 185 Å². The number of aromatic amines is 1. The average Bonchev–Trinajstić information content (AvgIpc) is 3.32. The van der Waals surface area contributed by atoms with E-state index in [-0.39, 0.29) is 29.9 Å². The summed E-state index contributed by atoms with van der Waals surface area (Å²) in [6, 6.07) is 8.50. The number of ketones is 1. The SMILES string of the molecule is N#C[C@H](CC1CCNC1=O)NC(=O)[C@@H](CC(=O)c1cc2ccc(Cl)cc2[nH]1)CC1CC1. The van der Waals surface area contributed by atoms with Crippen LogP contribution in [0.5, 0.6) is 0 Å². The van der Waals surface area contributed by atoms with Crippen LogP contribution in [0.2, 0.25) is 5.02 Å². The maximum Gasteiger partial charge on any atom is 0.224 e. The molecule has 8 heteroatoms. The monoisotopic (exact) mass is 440 g/mol. The van der Waals surface area contributed by atoms with Crippen LogP contribution in [0.25, 0.3) is 10.9 Å². The fourth-order valence-electron chi connectivity index (χ4n) is 4.21. The van der Waals surface area contributed by atoms with Gasteiger partial charge in [-0.15, -0.1) is 0 Å². The molecular formula is C23H25ClN4O3. The highest BCUT2D eigenvalue weighted by Gasteiger charge is 2.33. The Morgan fingerprint density at radius 3 is 2.71 bits per heavy atom. The molecular weight excluding hydrogens is 416 g/mol. The van der Waals surface area contributed by atoms with Gasteiger partial charge in [0.2, 0.25) is 11.8 Å². The lowest BCUT2D eigenvalue weighted by Crippen LogP contribution is -2.40. The molecule has 1 unspecified atom stereocenters. The zero-order chi connectivity index (χ0) is 22.0. The molecule has 3 atom stereocenters. The van der Waals surface area contributed by atoms with Crippen LogP contribution < -0.4 is 10.6 Å². The first kappa shape index (κ1) is 21.4. The lowest BCUT2D eigenvalue weighted by molar-refractivity contribution is -0.127. The molecule has 1 aliphatic heterocycles. The Morgan fingerprint density at radius 1 is 1.23 bits per heavy atom. The lowest BCUT2D eigenvalue weighted by Gasteiger charge is -2.19. The van der Waals surface area contributed by atoms with Gasteiger partial charge >= 0.3 is 0 Å². The predicted octanol–water partition coefficient (Wildman–Crippen LogP) is 3.34. The van der Waals surface area contributed by atoms with Gasteiger partial charge < -0.3 is 15.6 Å². The first-order chi connectivity index (χ1) is 14.9. The molecule has 2 aromatic rings. The summed E-state index contributed by atoms with van der Waals surface area (Å²) in [7, 11) is 0. The van der Waals surface area contributed by atoms with Gasteiger partial charge in [-0.05, 0) is 43.4 Å². The Kier molecular flexibility index (Phi) is 6.28. The van der Waals surface area contributed by atoms with E-state index in [0.29, 0.717) is 42.4 Å². The van der Waals surface area contributed by atoms with Crippen LogP contribution in [0, 0.1) is 29.1 Å². The van der Waals surface area contributed by atoms with Crippen molar-refractivity contribution in [3.8, 4) is 6.07 Å². The summed E-state index contributed by atoms with van der Waals surface area (Å²) in [6.07, 6.45) is 3.79. The molecule has 0 spiro atoms. The van der Waals surface area contributed by atoms with Crippen LogP contribution in [0.3, 0.4) is 0 Å². The number of carbonyl (C=O) groups excluding carboxylic acids is 3. The summed E-state index contributed by atoms with van der Waals surface area (Å²) in [5, 5.41) is 16.5. The number of halogens is 1. The summed E-state index contributed by atoms with van der Waals surface area (Å²) in [5.74, 6) is -0.805. The van der Waals surface area contributed by atoms with Gasteiger partial charge in [-0.3, -0.25) is 14.4 Å². The molecule has 4 rings (SSSR count).